The van der Waals surface area contributed by atoms with Gasteiger partial charge in [0.25, 0.3) is 0 Å². The van der Waals surface area contributed by atoms with E-state index in [4.69, 9.17) is 9.97 Å². The van der Waals surface area contributed by atoms with Gasteiger partial charge < -0.3 is 20.9 Å². The van der Waals surface area contributed by atoms with E-state index in [-0.39, 0.29) is 18.1 Å². The molecule has 7 nitrogen and oxygen atoms in total. The van der Waals surface area contributed by atoms with Crippen molar-refractivity contribution in [3.63, 3.8) is 0 Å². The smallest absolute Gasteiger partial charge is 0.319 e. The first-order valence-corrected chi connectivity index (χ1v) is 13.6. The number of para-hydroxylation sites is 1. The summed E-state index contributed by atoms with van der Waals surface area (Å²) in [4.78, 5) is 24.2. The Bertz CT molecular complexity index is 1180. The van der Waals surface area contributed by atoms with Gasteiger partial charge in [-0.25, -0.2) is 9.78 Å². The van der Waals surface area contributed by atoms with E-state index in [1.54, 1.807) is 0 Å². The molecule has 0 unspecified atom stereocenters. The van der Waals surface area contributed by atoms with Crippen LogP contribution in [0.2, 0.25) is 0 Å². The minimum absolute atomic E-state index is 0.135. The third-order valence-electron chi connectivity index (χ3n) is 6.37. The Morgan fingerprint density at radius 1 is 1.00 bits per heavy atom. The second kappa shape index (κ2) is 11.1. The van der Waals surface area contributed by atoms with E-state index in [1.807, 2.05) is 43.3 Å². The van der Waals surface area contributed by atoms with Crippen molar-refractivity contribution < 1.29 is 4.79 Å². The number of anilines is 3. The van der Waals surface area contributed by atoms with Gasteiger partial charge >= 0.3 is 6.03 Å². The van der Waals surface area contributed by atoms with Crippen LogP contribution < -0.4 is 20.9 Å². The summed E-state index contributed by atoms with van der Waals surface area (Å²) in [7, 11) is 3.99. The van der Waals surface area contributed by atoms with E-state index >= 15 is 0 Å². The highest BCUT2D eigenvalue weighted by Gasteiger charge is 2.24. The molecule has 2 aromatic carbocycles. The summed E-state index contributed by atoms with van der Waals surface area (Å²) >= 11 is 7.19. The van der Waals surface area contributed by atoms with E-state index in [0.717, 1.165) is 57.0 Å². The normalized spacial score (nSPS) is 17.9. The van der Waals surface area contributed by atoms with Gasteiger partial charge in [-0.05, 0) is 93.3 Å². The monoisotopic (exact) mass is 602 g/mol. The SMILES string of the molecule is CC(C)c1cc(Br)c(NC(=O)NC2CCC(Nc3nc(N(C)C)c4ccccc4n3)CC2)c(Br)c1. The number of benzene rings is 2. The first-order chi connectivity index (χ1) is 16.7. The predicted octanol–water partition coefficient (Wildman–Crippen LogP) is 6.89. The third kappa shape index (κ3) is 6.25. The fraction of sp³-hybridized carbons (Fsp3) is 0.423. The number of urea groups is 1. The Labute approximate surface area is 223 Å². The number of fused-ring (bicyclic) bond motifs is 1. The highest BCUT2D eigenvalue weighted by molar-refractivity contribution is 9.11. The topological polar surface area (TPSA) is 82.2 Å². The van der Waals surface area contributed by atoms with Gasteiger partial charge in [0.2, 0.25) is 5.95 Å². The number of carbonyl (C=O) groups is 1. The number of nitrogens with zero attached hydrogens (tertiary/aromatic N) is 3. The van der Waals surface area contributed by atoms with Crippen LogP contribution in [-0.2, 0) is 0 Å². The van der Waals surface area contributed by atoms with Gasteiger partial charge in [0.1, 0.15) is 5.82 Å². The van der Waals surface area contributed by atoms with E-state index in [2.05, 4.69) is 73.8 Å². The first kappa shape index (κ1) is 25.7. The zero-order chi connectivity index (χ0) is 25.1. The molecule has 4 rings (SSSR count). The quantitative estimate of drug-likeness (QED) is 0.286. The van der Waals surface area contributed by atoms with Crippen LogP contribution in [0.3, 0.4) is 0 Å². The number of hydrogen-bond donors (Lipinski definition) is 3. The fourth-order valence-electron chi connectivity index (χ4n) is 4.41. The van der Waals surface area contributed by atoms with E-state index in [9.17, 15) is 4.79 Å². The number of aromatic nitrogens is 2. The van der Waals surface area contributed by atoms with Gasteiger partial charge in [0.15, 0.2) is 0 Å². The minimum atomic E-state index is -0.186. The molecule has 2 amide bonds. The molecule has 0 bridgehead atoms. The maximum atomic E-state index is 12.7. The minimum Gasteiger partial charge on any atom is -0.362 e. The van der Waals surface area contributed by atoms with Crippen molar-refractivity contribution in [2.24, 2.45) is 0 Å². The van der Waals surface area contributed by atoms with Gasteiger partial charge in [-0.3, -0.25) is 0 Å². The van der Waals surface area contributed by atoms with Crippen molar-refractivity contribution >= 4 is 66.2 Å². The van der Waals surface area contributed by atoms with Crippen molar-refractivity contribution in [2.45, 2.75) is 57.5 Å². The number of rotatable bonds is 6. The lowest BCUT2D eigenvalue weighted by Gasteiger charge is -2.30. The zero-order valence-electron chi connectivity index (χ0n) is 20.5. The standard InChI is InChI=1S/C26H32Br2N6O/c1-15(2)16-13-20(27)23(21(28)14-16)32-26(35)30-18-11-9-17(10-12-18)29-25-31-22-8-6-5-7-19(22)24(33-25)34(3)4/h5-8,13-15,17-18H,9-12H2,1-4H3,(H,29,31,33)(H2,30,32,35). The summed E-state index contributed by atoms with van der Waals surface area (Å²) in [5, 5.41) is 10.7. The van der Waals surface area contributed by atoms with Gasteiger partial charge in [-0.2, -0.15) is 4.98 Å². The molecule has 35 heavy (non-hydrogen) atoms. The largest absolute Gasteiger partial charge is 0.362 e. The molecule has 186 valence electrons. The van der Waals surface area contributed by atoms with Crippen molar-refractivity contribution in [1.82, 2.24) is 15.3 Å². The number of halogens is 2. The van der Waals surface area contributed by atoms with Crippen LogP contribution >= 0.6 is 31.9 Å². The molecule has 1 aromatic heterocycles. The Morgan fingerprint density at radius 3 is 2.26 bits per heavy atom. The molecule has 3 aromatic rings. The molecule has 9 heteroatoms. The number of nitrogens with one attached hydrogen (secondary N) is 3. The fourth-order valence-corrected chi connectivity index (χ4v) is 5.83. The lowest BCUT2D eigenvalue weighted by Crippen LogP contribution is -2.42. The van der Waals surface area contributed by atoms with Crippen molar-refractivity contribution in [3.8, 4) is 0 Å². The maximum Gasteiger partial charge on any atom is 0.319 e. The van der Waals surface area contributed by atoms with Crippen LogP contribution in [0.4, 0.5) is 22.2 Å². The molecule has 0 atom stereocenters. The van der Waals surface area contributed by atoms with Gasteiger partial charge in [0, 0.05) is 40.5 Å². The zero-order valence-corrected chi connectivity index (χ0v) is 23.7. The molecule has 1 saturated carbocycles. The molecule has 0 saturated heterocycles. The van der Waals surface area contributed by atoms with E-state index in [0.29, 0.717) is 11.9 Å². The van der Waals surface area contributed by atoms with Crippen LogP contribution in [0.25, 0.3) is 10.9 Å². The van der Waals surface area contributed by atoms with Crippen LogP contribution in [0, 0.1) is 0 Å². The highest BCUT2D eigenvalue weighted by Crippen LogP contribution is 2.35. The predicted molar refractivity (Wildman–Crippen MR) is 152 cm³/mol. The number of amides is 2. The number of carbonyl (C=O) groups excluding carboxylic acids is 1. The van der Waals surface area contributed by atoms with Crippen LogP contribution in [-0.4, -0.2) is 42.2 Å². The summed E-state index contributed by atoms with van der Waals surface area (Å²) in [6, 6.07) is 12.4. The summed E-state index contributed by atoms with van der Waals surface area (Å²) in [5.74, 6) is 1.97. The third-order valence-corrected chi connectivity index (χ3v) is 7.62. The highest BCUT2D eigenvalue weighted by atomic mass is 79.9. The van der Waals surface area contributed by atoms with E-state index < -0.39 is 0 Å². The molecule has 1 aliphatic rings. The number of hydrogen-bond acceptors (Lipinski definition) is 5. The van der Waals surface area contributed by atoms with Crippen molar-refractivity contribution in [2.75, 3.05) is 29.6 Å². The average Bonchev–Trinajstić information content (AvgIpc) is 2.82. The molecule has 0 spiro atoms. The average molecular weight is 604 g/mol. The molecular weight excluding hydrogens is 572 g/mol. The van der Waals surface area contributed by atoms with Gasteiger partial charge in [0.05, 0.1) is 11.2 Å². The summed E-state index contributed by atoms with van der Waals surface area (Å²) in [6.07, 6.45) is 3.67. The molecule has 1 fully saturated rings. The first-order valence-electron chi connectivity index (χ1n) is 12.0. The Balaban J connectivity index is 1.33. The molecule has 1 aliphatic carbocycles. The van der Waals surface area contributed by atoms with Gasteiger partial charge in [-0.15, -0.1) is 0 Å². The molecular formula is C26H32Br2N6O. The summed E-state index contributed by atoms with van der Waals surface area (Å²) in [6.45, 7) is 4.29. The van der Waals surface area contributed by atoms with Crippen LogP contribution in [0.5, 0.6) is 0 Å². The lowest BCUT2D eigenvalue weighted by atomic mass is 9.91. The molecule has 3 N–H and O–H groups in total. The molecule has 0 radical (unpaired) electrons. The second-order valence-corrected chi connectivity index (χ2v) is 11.3. The lowest BCUT2D eigenvalue weighted by molar-refractivity contribution is 0.243. The summed E-state index contributed by atoms with van der Waals surface area (Å²) in [5.41, 5.74) is 2.88. The van der Waals surface area contributed by atoms with Crippen LogP contribution in [0.15, 0.2) is 45.3 Å². The summed E-state index contributed by atoms with van der Waals surface area (Å²) < 4.78 is 1.73. The second-order valence-electron chi connectivity index (χ2n) is 9.59. The maximum absolute atomic E-state index is 12.7. The Morgan fingerprint density at radius 2 is 1.63 bits per heavy atom. The molecule has 1 heterocycles. The van der Waals surface area contributed by atoms with Crippen molar-refractivity contribution in [1.29, 1.82) is 0 Å². The Hall–Kier alpha value is -2.39. The molecule has 0 aliphatic heterocycles. The Kier molecular flexibility index (Phi) is 8.16. The van der Waals surface area contributed by atoms with E-state index in [1.165, 1.54) is 5.56 Å². The van der Waals surface area contributed by atoms with Gasteiger partial charge in [-0.1, -0.05) is 26.0 Å². The van der Waals surface area contributed by atoms with Crippen LogP contribution in [0.1, 0.15) is 51.0 Å². The van der Waals surface area contributed by atoms with Crippen molar-refractivity contribution in [3.05, 3.63) is 50.9 Å².